The van der Waals surface area contributed by atoms with Crippen LogP contribution in [0.1, 0.15) is 41.5 Å². The second-order valence-corrected chi connectivity index (χ2v) is 6.98. The lowest BCUT2D eigenvalue weighted by Gasteiger charge is -2.30. The van der Waals surface area contributed by atoms with E-state index in [9.17, 15) is 4.79 Å². The number of aryl methyl sites for hydroxylation is 2. The van der Waals surface area contributed by atoms with Gasteiger partial charge in [-0.3, -0.25) is 4.79 Å². The van der Waals surface area contributed by atoms with E-state index in [0.29, 0.717) is 6.42 Å². The average Bonchev–Trinajstić information content (AvgIpc) is 2.61. The van der Waals surface area contributed by atoms with Gasteiger partial charge in [0, 0.05) is 17.9 Å². The minimum Gasteiger partial charge on any atom is -0.398 e. The van der Waals surface area contributed by atoms with Crippen molar-refractivity contribution in [2.45, 2.75) is 44.9 Å². The van der Waals surface area contributed by atoms with Crippen LogP contribution in [0, 0.1) is 0 Å². The van der Waals surface area contributed by atoms with Crippen molar-refractivity contribution >= 4 is 17.3 Å². The molecule has 0 spiro atoms. The summed E-state index contributed by atoms with van der Waals surface area (Å²) in [5, 5.41) is 0. The summed E-state index contributed by atoms with van der Waals surface area (Å²) >= 11 is 0. The predicted octanol–water partition coefficient (Wildman–Crippen LogP) is 3.67. The van der Waals surface area contributed by atoms with Crippen molar-refractivity contribution in [1.82, 2.24) is 0 Å². The maximum Gasteiger partial charge on any atom is 0.231 e. The Balaban J connectivity index is 1.56. The molecule has 0 saturated heterocycles. The normalized spacial score (nSPS) is 16.4. The summed E-state index contributed by atoms with van der Waals surface area (Å²) in [5.74, 6) is 0.178. The molecule has 0 bridgehead atoms. The highest BCUT2D eigenvalue weighted by Crippen LogP contribution is 2.32. The van der Waals surface area contributed by atoms with Crippen LogP contribution in [0.25, 0.3) is 0 Å². The molecule has 2 aromatic carbocycles. The van der Waals surface area contributed by atoms with Crippen molar-refractivity contribution < 1.29 is 4.79 Å². The van der Waals surface area contributed by atoms with Gasteiger partial charge in [0.2, 0.25) is 5.91 Å². The monoisotopic (exact) mass is 320 g/mol. The van der Waals surface area contributed by atoms with E-state index in [1.54, 1.807) is 0 Å². The van der Waals surface area contributed by atoms with Gasteiger partial charge in [-0.2, -0.15) is 0 Å². The fourth-order valence-electron chi connectivity index (χ4n) is 4.08. The number of carbonyl (C=O) groups excluding carboxylic acids is 1. The molecule has 0 fully saturated rings. The van der Waals surface area contributed by atoms with Gasteiger partial charge in [-0.25, -0.2) is 0 Å². The molecule has 2 N–H and O–H groups in total. The van der Waals surface area contributed by atoms with Gasteiger partial charge in [-0.15, -0.1) is 0 Å². The third kappa shape index (κ3) is 2.79. The topological polar surface area (TPSA) is 46.3 Å². The van der Waals surface area contributed by atoms with Gasteiger partial charge in [-0.05, 0) is 72.9 Å². The number of nitrogens with zero attached hydrogens (tertiary/aromatic N) is 1. The molecule has 1 amide bonds. The van der Waals surface area contributed by atoms with Crippen LogP contribution >= 0.6 is 0 Å². The van der Waals surface area contributed by atoms with Crippen molar-refractivity contribution in [1.29, 1.82) is 0 Å². The first-order valence-corrected chi connectivity index (χ1v) is 9.01. The average molecular weight is 320 g/mol. The standard InChI is InChI=1S/C21H24N2O/c22-19-8-3-9-20-18(19)7-4-12-23(20)21(24)14-15-10-11-16-5-1-2-6-17(16)13-15/h3,8-11,13H,1-2,4-7,12,14,22H2. The lowest BCUT2D eigenvalue weighted by atomic mass is 9.90. The molecule has 2 aromatic rings. The Morgan fingerprint density at radius 2 is 1.83 bits per heavy atom. The lowest BCUT2D eigenvalue weighted by Crippen LogP contribution is -2.36. The Bertz CT molecular complexity index is 781. The zero-order valence-corrected chi connectivity index (χ0v) is 14.1. The lowest BCUT2D eigenvalue weighted by molar-refractivity contribution is -0.118. The fraction of sp³-hybridized carbons (Fsp3) is 0.381. The predicted molar refractivity (Wildman–Crippen MR) is 98.3 cm³/mol. The van der Waals surface area contributed by atoms with E-state index in [1.807, 2.05) is 23.1 Å². The van der Waals surface area contributed by atoms with Crippen LogP contribution in [0.15, 0.2) is 36.4 Å². The van der Waals surface area contributed by atoms with Crippen LogP contribution in [0.5, 0.6) is 0 Å². The molecule has 0 unspecified atom stereocenters. The molecule has 0 radical (unpaired) electrons. The van der Waals surface area contributed by atoms with Gasteiger partial charge >= 0.3 is 0 Å². The summed E-state index contributed by atoms with van der Waals surface area (Å²) in [5.41, 5.74) is 13.1. The maximum absolute atomic E-state index is 12.9. The molecule has 2 aliphatic rings. The minimum absolute atomic E-state index is 0.178. The molecule has 124 valence electrons. The maximum atomic E-state index is 12.9. The van der Waals surface area contributed by atoms with Crippen LogP contribution in [0.3, 0.4) is 0 Å². The third-order valence-electron chi connectivity index (χ3n) is 5.36. The SMILES string of the molecule is Nc1cccc2c1CCCN2C(=O)Cc1ccc2c(c1)CCCC2. The fourth-order valence-corrected chi connectivity index (χ4v) is 4.08. The number of fused-ring (bicyclic) bond motifs is 2. The Labute approximate surface area is 143 Å². The summed E-state index contributed by atoms with van der Waals surface area (Å²) < 4.78 is 0. The molecule has 0 atom stereocenters. The van der Waals surface area contributed by atoms with Crippen LogP contribution in [0.4, 0.5) is 11.4 Å². The van der Waals surface area contributed by atoms with Gasteiger partial charge < -0.3 is 10.6 Å². The van der Waals surface area contributed by atoms with Crippen LogP contribution < -0.4 is 10.6 Å². The van der Waals surface area contributed by atoms with Gasteiger partial charge in [0.25, 0.3) is 0 Å². The first-order valence-electron chi connectivity index (χ1n) is 9.01. The molecule has 1 aliphatic heterocycles. The summed E-state index contributed by atoms with van der Waals surface area (Å²) in [7, 11) is 0. The number of nitrogens with two attached hydrogens (primary N) is 1. The first kappa shape index (κ1) is 15.3. The number of benzene rings is 2. The molecule has 24 heavy (non-hydrogen) atoms. The van der Waals surface area contributed by atoms with Crippen molar-refractivity contribution in [3.05, 3.63) is 58.7 Å². The van der Waals surface area contributed by atoms with Crippen molar-refractivity contribution in [2.75, 3.05) is 17.2 Å². The number of anilines is 2. The Hall–Kier alpha value is -2.29. The molecule has 1 aliphatic carbocycles. The highest BCUT2D eigenvalue weighted by atomic mass is 16.2. The quantitative estimate of drug-likeness (QED) is 0.858. The molecule has 0 aromatic heterocycles. The van der Waals surface area contributed by atoms with E-state index in [-0.39, 0.29) is 5.91 Å². The highest BCUT2D eigenvalue weighted by molar-refractivity contribution is 5.96. The van der Waals surface area contributed by atoms with Gasteiger partial charge in [0.15, 0.2) is 0 Å². The summed E-state index contributed by atoms with van der Waals surface area (Å²) in [4.78, 5) is 14.8. The molecule has 3 heteroatoms. The van der Waals surface area contributed by atoms with Crippen molar-refractivity contribution in [3.63, 3.8) is 0 Å². The van der Waals surface area contributed by atoms with E-state index >= 15 is 0 Å². The number of carbonyl (C=O) groups is 1. The van der Waals surface area contributed by atoms with Crippen molar-refractivity contribution in [2.24, 2.45) is 0 Å². The van der Waals surface area contributed by atoms with E-state index < -0.39 is 0 Å². The second-order valence-electron chi connectivity index (χ2n) is 6.98. The molecule has 3 nitrogen and oxygen atoms in total. The first-order chi connectivity index (χ1) is 11.7. The molecular formula is C21H24N2O. The smallest absolute Gasteiger partial charge is 0.231 e. The van der Waals surface area contributed by atoms with Gasteiger partial charge in [0.05, 0.1) is 6.42 Å². The molecule has 4 rings (SSSR count). The zero-order valence-electron chi connectivity index (χ0n) is 14.1. The zero-order chi connectivity index (χ0) is 16.5. The Morgan fingerprint density at radius 1 is 1.00 bits per heavy atom. The Morgan fingerprint density at radius 3 is 2.71 bits per heavy atom. The van der Waals surface area contributed by atoms with E-state index in [2.05, 4.69) is 18.2 Å². The number of rotatable bonds is 2. The third-order valence-corrected chi connectivity index (χ3v) is 5.36. The van der Waals surface area contributed by atoms with E-state index in [4.69, 9.17) is 5.73 Å². The number of hydrogen-bond donors (Lipinski definition) is 1. The second kappa shape index (κ2) is 6.31. The van der Waals surface area contributed by atoms with Gasteiger partial charge in [0.1, 0.15) is 0 Å². The summed E-state index contributed by atoms with van der Waals surface area (Å²) in [6, 6.07) is 12.5. The number of amides is 1. The minimum atomic E-state index is 0.178. The Kier molecular flexibility index (Phi) is 4.01. The van der Waals surface area contributed by atoms with Crippen LogP contribution in [-0.4, -0.2) is 12.5 Å². The van der Waals surface area contributed by atoms with E-state index in [1.165, 1.54) is 30.4 Å². The number of hydrogen-bond acceptors (Lipinski definition) is 2. The molecule has 1 heterocycles. The summed E-state index contributed by atoms with van der Waals surface area (Å²) in [6.45, 7) is 0.792. The molecule has 0 saturated carbocycles. The van der Waals surface area contributed by atoms with Gasteiger partial charge in [-0.1, -0.05) is 24.3 Å². The number of nitrogen functional groups attached to an aromatic ring is 1. The van der Waals surface area contributed by atoms with Crippen LogP contribution in [0.2, 0.25) is 0 Å². The molecular weight excluding hydrogens is 296 g/mol. The largest absolute Gasteiger partial charge is 0.398 e. The summed E-state index contributed by atoms with van der Waals surface area (Å²) in [6.07, 6.45) is 7.31. The highest BCUT2D eigenvalue weighted by Gasteiger charge is 2.24. The van der Waals surface area contributed by atoms with Crippen molar-refractivity contribution in [3.8, 4) is 0 Å². The van der Waals surface area contributed by atoms with E-state index in [0.717, 1.165) is 48.3 Å². The van der Waals surface area contributed by atoms with Crippen LogP contribution in [-0.2, 0) is 30.5 Å².